The molecule has 1 atom stereocenters. The van der Waals surface area contributed by atoms with Crippen molar-refractivity contribution in [3.05, 3.63) is 0 Å². The second-order valence-electron chi connectivity index (χ2n) is 2.23. The van der Waals surface area contributed by atoms with E-state index in [1.807, 2.05) is 6.92 Å². The van der Waals surface area contributed by atoms with Gasteiger partial charge >= 0.3 is 0 Å². The van der Waals surface area contributed by atoms with Gasteiger partial charge in [0.2, 0.25) is 0 Å². The van der Waals surface area contributed by atoms with E-state index in [0.29, 0.717) is 12.5 Å². The highest BCUT2D eigenvalue weighted by Gasteiger charge is 1.98. The lowest BCUT2D eigenvalue weighted by Gasteiger charge is -2.05. The molecule has 0 aromatic heterocycles. The minimum atomic E-state index is 0.260. The van der Waals surface area contributed by atoms with Crippen molar-refractivity contribution in [3.8, 4) is 0 Å². The number of thioether (sulfide) groups is 1. The molecule has 0 aromatic rings. The van der Waals surface area contributed by atoms with E-state index in [4.69, 9.17) is 11.0 Å². The number of hydrogen-bond acceptors (Lipinski definition) is 4. The van der Waals surface area contributed by atoms with Gasteiger partial charge in [-0.05, 0) is 11.7 Å². The maximum Gasteiger partial charge on any atom is 0.0769 e. The van der Waals surface area contributed by atoms with Gasteiger partial charge in [0.05, 0.1) is 6.61 Å². The van der Waals surface area contributed by atoms with E-state index in [0.717, 1.165) is 11.5 Å². The number of hydrogen-bond donors (Lipinski definition) is 2. The summed E-state index contributed by atoms with van der Waals surface area (Å²) in [5.74, 6) is 7.07. The highest BCUT2D eigenvalue weighted by atomic mass is 32.2. The highest BCUT2D eigenvalue weighted by molar-refractivity contribution is 7.99. The lowest BCUT2D eigenvalue weighted by molar-refractivity contribution is 0.155. The van der Waals surface area contributed by atoms with Crippen molar-refractivity contribution in [1.82, 2.24) is 0 Å². The van der Waals surface area contributed by atoms with Crippen molar-refractivity contribution >= 4 is 11.8 Å². The van der Waals surface area contributed by atoms with Crippen molar-refractivity contribution in [2.24, 2.45) is 11.8 Å². The maximum absolute atomic E-state index is 8.62. The topological polar surface area (TPSA) is 55.5 Å². The van der Waals surface area contributed by atoms with Crippen LogP contribution in [0.2, 0.25) is 0 Å². The van der Waals surface area contributed by atoms with E-state index in [9.17, 15) is 0 Å². The Morgan fingerprint density at radius 1 is 1.70 bits per heavy atom. The Hall–Kier alpha value is 0.230. The molecule has 62 valence electrons. The molecule has 0 aromatic carbocycles. The zero-order chi connectivity index (χ0) is 7.82. The SMILES string of the molecule is CC(CO)CSCCON. The maximum atomic E-state index is 8.62. The van der Waals surface area contributed by atoms with Gasteiger partial charge in [0, 0.05) is 12.4 Å². The van der Waals surface area contributed by atoms with E-state index in [1.165, 1.54) is 0 Å². The van der Waals surface area contributed by atoms with Crippen molar-refractivity contribution < 1.29 is 9.94 Å². The summed E-state index contributed by atoms with van der Waals surface area (Å²) in [5, 5.41) is 8.62. The van der Waals surface area contributed by atoms with Crippen LogP contribution in [0.3, 0.4) is 0 Å². The van der Waals surface area contributed by atoms with Crippen LogP contribution in [0.1, 0.15) is 6.92 Å². The Kier molecular flexibility index (Phi) is 7.51. The summed E-state index contributed by atoms with van der Waals surface area (Å²) >= 11 is 1.75. The summed E-state index contributed by atoms with van der Waals surface area (Å²) in [7, 11) is 0. The fourth-order valence-electron chi connectivity index (χ4n) is 0.444. The first-order valence-electron chi connectivity index (χ1n) is 3.31. The van der Waals surface area contributed by atoms with Crippen molar-refractivity contribution in [1.29, 1.82) is 0 Å². The second-order valence-corrected chi connectivity index (χ2v) is 3.38. The standard InChI is InChI=1S/C6H15NO2S/c1-6(4-8)5-10-3-2-9-7/h6,8H,2-5,7H2,1H3. The van der Waals surface area contributed by atoms with Gasteiger partial charge in [0.1, 0.15) is 0 Å². The van der Waals surface area contributed by atoms with E-state index < -0.39 is 0 Å². The molecular weight excluding hydrogens is 150 g/mol. The molecule has 0 saturated heterocycles. The molecule has 0 saturated carbocycles. The summed E-state index contributed by atoms with van der Waals surface area (Å²) in [6.45, 7) is 2.86. The molecule has 4 heteroatoms. The number of rotatable bonds is 6. The third-order valence-electron chi connectivity index (χ3n) is 1.06. The molecular formula is C6H15NO2S. The van der Waals surface area contributed by atoms with E-state index >= 15 is 0 Å². The highest BCUT2D eigenvalue weighted by Crippen LogP contribution is 2.06. The first-order chi connectivity index (χ1) is 4.81. The third-order valence-corrected chi connectivity index (χ3v) is 2.32. The number of nitrogens with two attached hydrogens (primary N) is 1. The van der Waals surface area contributed by atoms with Gasteiger partial charge in [-0.25, -0.2) is 5.90 Å². The normalized spacial score (nSPS) is 13.5. The van der Waals surface area contributed by atoms with Crippen LogP contribution in [0.25, 0.3) is 0 Å². The van der Waals surface area contributed by atoms with Gasteiger partial charge in [0.15, 0.2) is 0 Å². The number of aliphatic hydroxyl groups is 1. The molecule has 0 heterocycles. The minimum Gasteiger partial charge on any atom is -0.396 e. The van der Waals surface area contributed by atoms with Gasteiger partial charge in [-0.3, -0.25) is 0 Å². The van der Waals surface area contributed by atoms with Gasteiger partial charge < -0.3 is 9.94 Å². The molecule has 1 unspecified atom stereocenters. The van der Waals surface area contributed by atoms with Gasteiger partial charge in [-0.2, -0.15) is 11.8 Å². The van der Waals surface area contributed by atoms with Crippen molar-refractivity contribution in [2.75, 3.05) is 24.7 Å². The first-order valence-corrected chi connectivity index (χ1v) is 4.47. The Bertz CT molecular complexity index is 72.8. The lowest BCUT2D eigenvalue weighted by atomic mass is 10.2. The van der Waals surface area contributed by atoms with E-state index in [-0.39, 0.29) is 6.61 Å². The molecule has 0 amide bonds. The lowest BCUT2D eigenvalue weighted by Crippen LogP contribution is -2.07. The van der Waals surface area contributed by atoms with Crippen LogP contribution in [-0.4, -0.2) is 29.8 Å². The molecule has 3 nitrogen and oxygen atoms in total. The van der Waals surface area contributed by atoms with Gasteiger partial charge in [0.25, 0.3) is 0 Å². The number of aliphatic hydroxyl groups excluding tert-OH is 1. The zero-order valence-electron chi connectivity index (χ0n) is 6.25. The average molecular weight is 165 g/mol. The third kappa shape index (κ3) is 6.35. The molecule has 0 aliphatic carbocycles. The van der Waals surface area contributed by atoms with Crippen molar-refractivity contribution in [3.63, 3.8) is 0 Å². The Labute approximate surface area is 65.9 Å². The summed E-state index contributed by atoms with van der Waals surface area (Å²) in [6, 6.07) is 0. The zero-order valence-corrected chi connectivity index (χ0v) is 7.06. The van der Waals surface area contributed by atoms with Crippen LogP contribution >= 0.6 is 11.8 Å². The second kappa shape index (κ2) is 7.34. The fourth-order valence-corrected chi connectivity index (χ4v) is 1.33. The molecule has 0 aliphatic heterocycles. The van der Waals surface area contributed by atoms with Crippen LogP contribution in [0.4, 0.5) is 0 Å². The molecule has 0 rings (SSSR count). The Balaban J connectivity index is 2.89. The predicted molar refractivity (Wildman–Crippen MR) is 43.7 cm³/mol. The summed E-state index contributed by atoms with van der Waals surface area (Å²) in [6.07, 6.45) is 0. The minimum absolute atomic E-state index is 0.260. The van der Waals surface area contributed by atoms with Gasteiger partial charge in [-0.1, -0.05) is 6.92 Å². The quantitative estimate of drug-likeness (QED) is 0.437. The first kappa shape index (κ1) is 10.2. The molecule has 0 radical (unpaired) electrons. The molecule has 0 bridgehead atoms. The monoisotopic (exact) mass is 165 g/mol. The Morgan fingerprint density at radius 2 is 2.40 bits per heavy atom. The van der Waals surface area contributed by atoms with Crippen LogP contribution in [0.15, 0.2) is 0 Å². The molecule has 0 aliphatic rings. The summed E-state index contributed by atoms with van der Waals surface area (Å²) in [4.78, 5) is 4.37. The van der Waals surface area contributed by atoms with E-state index in [1.54, 1.807) is 11.8 Å². The van der Waals surface area contributed by atoms with Crippen LogP contribution in [-0.2, 0) is 4.84 Å². The average Bonchev–Trinajstić information content (AvgIpc) is 1.98. The van der Waals surface area contributed by atoms with Crippen molar-refractivity contribution in [2.45, 2.75) is 6.92 Å². The molecule has 10 heavy (non-hydrogen) atoms. The molecule has 3 N–H and O–H groups in total. The fraction of sp³-hybridized carbons (Fsp3) is 1.00. The van der Waals surface area contributed by atoms with Crippen LogP contribution in [0.5, 0.6) is 0 Å². The van der Waals surface area contributed by atoms with E-state index in [2.05, 4.69) is 4.84 Å². The van der Waals surface area contributed by atoms with Crippen LogP contribution in [0, 0.1) is 5.92 Å². The summed E-state index contributed by atoms with van der Waals surface area (Å²) < 4.78 is 0. The Morgan fingerprint density at radius 3 is 2.90 bits per heavy atom. The largest absolute Gasteiger partial charge is 0.396 e. The predicted octanol–water partition coefficient (Wildman–Crippen LogP) is 0.238. The summed E-state index contributed by atoms with van der Waals surface area (Å²) in [5.41, 5.74) is 0. The van der Waals surface area contributed by atoms with Crippen LogP contribution < -0.4 is 5.90 Å². The molecule has 0 spiro atoms. The van der Waals surface area contributed by atoms with Gasteiger partial charge in [-0.15, -0.1) is 0 Å². The molecule has 0 fully saturated rings. The smallest absolute Gasteiger partial charge is 0.0769 e.